The van der Waals surface area contributed by atoms with E-state index in [1.807, 2.05) is 0 Å². The maximum Gasteiger partial charge on any atom is 0.412 e. The number of ether oxygens (including phenoxy) is 1. The lowest BCUT2D eigenvalue weighted by atomic mass is 9.84. The number of rotatable bonds is 5. The number of carboxylic acids is 1. The van der Waals surface area contributed by atoms with Gasteiger partial charge in [0.2, 0.25) is 0 Å². The summed E-state index contributed by atoms with van der Waals surface area (Å²) in [6.07, 6.45) is 4.13. The van der Waals surface area contributed by atoms with Crippen molar-refractivity contribution in [2.45, 2.75) is 25.2 Å². The Hall–Kier alpha value is -1.82. The summed E-state index contributed by atoms with van der Waals surface area (Å²) in [5.74, 6) is -0.608. The van der Waals surface area contributed by atoms with Crippen molar-refractivity contribution >= 4 is 28.4 Å². The summed E-state index contributed by atoms with van der Waals surface area (Å²) in [7, 11) is 0. The molecule has 0 spiro atoms. The third-order valence-corrected chi connectivity index (χ3v) is 4.25. The zero-order valence-electron chi connectivity index (χ0n) is 10.3. The van der Waals surface area contributed by atoms with Crippen molar-refractivity contribution in [1.82, 2.24) is 0 Å². The van der Waals surface area contributed by atoms with Crippen molar-refractivity contribution in [2.24, 2.45) is 0 Å². The lowest BCUT2D eigenvalue weighted by molar-refractivity contribution is 0.0698. The molecule has 1 aliphatic carbocycles. The third kappa shape index (κ3) is 3.14. The molecule has 1 amide bonds. The van der Waals surface area contributed by atoms with Crippen LogP contribution in [0.25, 0.3) is 0 Å². The molecule has 0 aromatic carbocycles. The standard InChI is InChI=1S/C13H15NO4S/c1-2-6-18-13(17)14-11-9(12(15)16)7-10(19-11)8-4-3-5-8/h2,7-8H,1,3-6H2,(H,14,17)(H,15,16). The van der Waals surface area contributed by atoms with E-state index in [2.05, 4.69) is 11.9 Å². The fourth-order valence-corrected chi connectivity index (χ4v) is 3.02. The second-order valence-electron chi connectivity index (χ2n) is 4.34. The van der Waals surface area contributed by atoms with Gasteiger partial charge in [0, 0.05) is 4.88 Å². The fourth-order valence-electron chi connectivity index (χ4n) is 1.82. The second kappa shape index (κ2) is 5.88. The van der Waals surface area contributed by atoms with Crippen molar-refractivity contribution in [3.63, 3.8) is 0 Å². The number of carboxylic acid groups (broad SMARTS) is 1. The van der Waals surface area contributed by atoms with Crippen LogP contribution >= 0.6 is 11.3 Å². The first-order valence-electron chi connectivity index (χ1n) is 6.03. The maximum atomic E-state index is 11.4. The molecule has 1 aliphatic rings. The number of carbonyl (C=O) groups is 2. The highest BCUT2D eigenvalue weighted by molar-refractivity contribution is 7.16. The quantitative estimate of drug-likeness (QED) is 0.810. The van der Waals surface area contributed by atoms with Gasteiger partial charge in [-0.05, 0) is 24.8 Å². The van der Waals surface area contributed by atoms with E-state index < -0.39 is 12.1 Å². The number of hydrogen-bond donors (Lipinski definition) is 2. The third-order valence-electron chi connectivity index (χ3n) is 3.04. The SMILES string of the molecule is C=CCOC(=O)Nc1sc(C2CCC2)cc1C(=O)O. The van der Waals surface area contributed by atoms with Crippen LogP contribution in [0.15, 0.2) is 18.7 Å². The summed E-state index contributed by atoms with van der Waals surface area (Å²) in [5, 5.41) is 12.0. The van der Waals surface area contributed by atoms with Crippen LogP contribution in [0.4, 0.5) is 9.80 Å². The highest BCUT2D eigenvalue weighted by Crippen LogP contribution is 2.42. The molecule has 1 fully saturated rings. The molecule has 1 heterocycles. The smallest absolute Gasteiger partial charge is 0.412 e. The van der Waals surface area contributed by atoms with Crippen LogP contribution in [0.2, 0.25) is 0 Å². The van der Waals surface area contributed by atoms with Gasteiger partial charge >= 0.3 is 12.1 Å². The van der Waals surface area contributed by atoms with E-state index in [-0.39, 0.29) is 12.2 Å². The van der Waals surface area contributed by atoms with E-state index in [4.69, 9.17) is 9.84 Å². The lowest BCUT2D eigenvalue weighted by Crippen LogP contribution is -2.14. The molecule has 1 saturated carbocycles. The van der Waals surface area contributed by atoms with Gasteiger partial charge in [0.1, 0.15) is 11.6 Å². The van der Waals surface area contributed by atoms with E-state index in [1.54, 1.807) is 6.07 Å². The topological polar surface area (TPSA) is 75.6 Å². The first-order chi connectivity index (χ1) is 9.11. The molecule has 0 atom stereocenters. The predicted octanol–water partition coefficient (Wildman–Crippen LogP) is 3.45. The zero-order valence-corrected chi connectivity index (χ0v) is 11.2. The Morgan fingerprint density at radius 2 is 2.32 bits per heavy atom. The van der Waals surface area contributed by atoms with Crippen LogP contribution in [0.3, 0.4) is 0 Å². The summed E-state index contributed by atoms with van der Waals surface area (Å²) < 4.78 is 4.79. The summed E-state index contributed by atoms with van der Waals surface area (Å²) >= 11 is 1.31. The molecular weight excluding hydrogens is 266 g/mol. The molecule has 0 saturated heterocycles. The number of aromatic carboxylic acids is 1. The molecule has 19 heavy (non-hydrogen) atoms. The molecule has 0 unspecified atom stereocenters. The van der Waals surface area contributed by atoms with Gasteiger partial charge < -0.3 is 9.84 Å². The number of carbonyl (C=O) groups excluding carboxylic acids is 1. The molecule has 5 nitrogen and oxygen atoms in total. The molecular formula is C13H15NO4S. The minimum Gasteiger partial charge on any atom is -0.478 e. The van der Waals surface area contributed by atoms with Crippen molar-refractivity contribution < 1.29 is 19.4 Å². The molecule has 1 aromatic rings. The average Bonchev–Trinajstić information content (AvgIpc) is 2.67. The van der Waals surface area contributed by atoms with Crippen molar-refractivity contribution in [3.8, 4) is 0 Å². The summed E-state index contributed by atoms with van der Waals surface area (Å²) in [6, 6.07) is 1.65. The molecule has 0 aliphatic heterocycles. The summed E-state index contributed by atoms with van der Waals surface area (Å²) in [4.78, 5) is 23.6. The molecule has 102 valence electrons. The lowest BCUT2D eigenvalue weighted by Gasteiger charge is -2.23. The average molecular weight is 281 g/mol. The minimum absolute atomic E-state index is 0.0924. The monoisotopic (exact) mass is 281 g/mol. The Bertz CT molecular complexity index is 505. The van der Waals surface area contributed by atoms with Crippen LogP contribution in [-0.4, -0.2) is 23.8 Å². The molecule has 2 N–H and O–H groups in total. The van der Waals surface area contributed by atoms with Gasteiger partial charge in [0.05, 0.1) is 5.56 Å². The van der Waals surface area contributed by atoms with Gasteiger partial charge in [0.15, 0.2) is 0 Å². The number of nitrogens with one attached hydrogen (secondary N) is 1. The van der Waals surface area contributed by atoms with Crippen LogP contribution in [0, 0.1) is 0 Å². The zero-order chi connectivity index (χ0) is 13.8. The van der Waals surface area contributed by atoms with Crippen LogP contribution in [-0.2, 0) is 4.74 Å². The van der Waals surface area contributed by atoms with Crippen molar-refractivity contribution in [2.75, 3.05) is 11.9 Å². The molecule has 0 bridgehead atoms. The number of thiophene rings is 1. The Labute approximate surface area is 114 Å². The Morgan fingerprint density at radius 1 is 1.58 bits per heavy atom. The van der Waals surface area contributed by atoms with Crippen molar-refractivity contribution in [3.05, 3.63) is 29.2 Å². The molecule has 6 heteroatoms. The highest BCUT2D eigenvalue weighted by atomic mass is 32.1. The van der Waals surface area contributed by atoms with E-state index in [0.29, 0.717) is 10.9 Å². The van der Waals surface area contributed by atoms with Gasteiger partial charge in [-0.2, -0.15) is 0 Å². The second-order valence-corrected chi connectivity index (χ2v) is 5.42. The first kappa shape index (κ1) is 13.6. The van der Waals surface area contributed by atoms with Crippen molar-refractivity contribution in [1.29, 1.82) is 0 Å². The van der Waals surface area contributed by atoms with Gasteiger partial charge in [0.25, 0.3) is 0 Å². The summed E-state index contributed by atoms with van der Waals surface area (Å²) in [5.41, 5.74) is 0.127. The van der Waals surface area contributed by atoms with E-state index in [1.165, 1.54) is 23.8 Å². The number of anilines is 1. The Balaban J connectivity index is 2.12. The molecule has 0 radical (unpaired) electrons. The van der Waals surface area contributed by atoms with Gasteiger partial charge in [-0.15, -0.1) is 11.3 Å². The van der Waals surface area contributed by atoms with Crippen LogP contribution in [0.5, 0.6) is 0 Å². The Morgan fingerprint density at radius 3 is 2.84 bits per heavy atom. The fraction of sp³-hybridized carbons (Fsp3) is 0.385. The van der Waals surface area contributed by atoms with Gasteiger partial charge in [-0.1, -0.05) is 19.1 Å². The first-order valence-corrected chi connectivity index (χ1v) is 6.85. The Kier molecular flexibility index (Phi) is 4.21. The van der Waals surface area contributed by atoms with Crippen LogP contribution in [0.1, 0.15) is 40.4 Å². The van der Waals surface area contributed by atoms with E-state index in [0.717, 1.165) is 17.7 Å². The molecule has 2 rings (SSSR count). The van der Waals surface area contributed by atoms with Crippen LogP contribution < -0.4 is 5.32 Å². The van der Waals surface area contributed by atoms with E-state index in [9.17, 15) is 9.59 Å². The summed E-state index contributed by atoms with van der Waals surface area (Å²) in [6.45, 7) is 3.53. The van der Waals surface area contributed by atoms with Gasteiger partial charge in [-0.3, -0.25) is 5.32 Å². The number of amides is 1. The highest BCUT2D eigenvalue weighted by Gasteiger charge is 2.25. The normalized spacial score (nSPS) is 14.5. The maximum absolute atomic E-state index is 11.4. The minimum atomic E-state index is -1.04. The predicted molar refractivity (Wildman–Crippen MR) is 73.0 cm³/mol. The largest absolute Gasteiger partial charge is 0.478 e. The van der Waals surface area contributed by atoms with Gasteiger partial charge in [-0.25, -0.2) is 9.59 Å². The number of hydrogen-bond acceptors (Lipinski definition) is 4. The van der Waals surface area contributed by atoms with E-state index >= 15 is 0 Å². The molecule has 1 aromatic heterocycles.